The number of hydrogen-bond donors (Lipinski definition) is 1. The van der Waals surface area contributed by atoms with Crippen molar-refractivity contribution in [3.8, 4) is 0 Å². The van der Waals surface area contributed by atoms with Gasteiger partial charge in [-0.25, -0.2) is 0 Å². The number of hydrogen-bond acceptors (Lipinski definition) is 2. The molecule has 112 valence electrons. The molecule has 2 nitrogen and oxygen atoms in total. The molecule has 0 aromatic heterocycles. The zero-order valence-electron chi connectivity index (χ0n) is 11.9. The summed E-state index contributed by atoms with van der Waals surface area (Å²) in [6, 6.07) is 5.58. The normalized spacial score (nSPS) is 25.9. The van der Waals surface area contributed by atoms with Crippen LogP contribution in [-0.2, 0) is 6.18 Å². The van der Waals surface area contributed by atoms with Gasteiger partial charge in [-0.15, -0.1) is 0 Å². The molecule has 0 saturated carbocycles. The van der Waals surface area contributed by atoms with Crippen molar-refractivity contribution >= 4 is 0 Å². The van der Waals surface area contributed by atoms with E-state index in [-0.39, 0.29) is 11.5 Å². The second-order valence-electron chi connectivity index (χ2n) is 6.03. The molecule has 20 heavy (non-hydrogen) atoms. The van der Waals surface area contributed by atoms with E-state index in [0.717, 1.165) is 37.2 Å². The summed E-state index contributed by atoms with van der Waals surface area (Å²) in [5.41, 5.74) is 6.23. The SMILES string of the molecule is CC(c1ccc(C(F)(F)F)cc1)N1CCC(C)(CN)C1. The molecule has 0 bridgehead atoms. The van der Waals surface area contributed by atoms with Gasteiger partial charge in [0.05, 0.1) is 5.56 Å². The lowest BCUT2D eigenvalue weighted by Gasteiger charge is -2.27. The molecule has 5 heteroatoms. The first-order valence-electron chi connectivity index (χ1n) is 6.86. The number of nitrogens with two attached hydrogens (primary N) is 1. The minimum Gasteiger partial charge on any atom is -0.330 e. The molecule has 1 fully saturated rings. The highest BCUT2D eigenvalue weighted by Gasteiger charge is 2.35. The molecule has 0 radical (unpaired) electrons. The van der Waals surface area contributed by atoms with Crippen LogP contribution in [0, 0.1) is 5.41 Å². The highest BCUT2D eigenvalue weighted by molar-refractivity contribution is 5.26. The van der Waals surface area contributed by atoms with Crippen LogP contribution in [0.1, 0.15) is 37.4 Å². The molecule has 1 aromatic carbocycles. The molecule has 1 aliphatic heterocycles. The van der Waals surface area contributed by atoms with Gasteiger partial charge in [0, 0.05) is 12.6 Å². The largest absolute Gasteiger partial charge is 0.416 e. The molecule has 2 atom stereocenters. The number of rotatable bonds is 3. The van der Waals surface area contributed by atoms with Crippen LogP contribution in [0.4, 0.5) is 13.2 Å². The fraction of sp³-hybridized carbons (Fsp3) is 0.600. The van der Waals surface area contributed by atoms with Crippen molar-refractivity contribution in [2.75, 3.05) is 19.6 Å². The molecule has 2 rings (SSSR count). The standard InChI is InChI=1S/C15H21F3N2/c1-11(20-8-7-14(2,9-19)10-20)12-3-5-13(6-4-12)15(16,17)18/h3-6,11H,7-10,19H2,1-2H3. The Bertz CT molecular complexity index is 455. The predicted octanol–water partition coefficient (Wildman–Crippen LogP) is 3.44. The van der Waals surface area contributed by atoms with Gasteiger partial charge in [0.15, 0.2) is 0 Å². The molecule has 0 aliphatic carbocycles. The third kappa shape index (κ3) is 3.15. The van der Waals surface area contributed by atoms with Crippen molar-refractivity contribution in [3.05, 3.63) is 35.4 Å². The Balaban J connectivity index is 2.09. The van der Waals surface area contributed by atoms with E-state index in [1.165, 1.54) is 0 Å². The van der Waals surface area contributed by atoms with Crippen molar-refractivity contribution in [1.82, 2.24) is 4.90 Å². The summed E-state index contributed by atoms with van der Waals surface area (Å²) in [6.45, 7) is 6.67. The molecule has 1 heterocycles. The van der Waals surface area contributed by atoms with Crippen LogP contribution in [0.15, 0.2) is 24.3 Å². The van der Waals surface area contributed by atoms with Gasteiger partial charge in [-0.2, -0.15) is 13.2 Å². The van der Waals surface area contributed by atoms with Crippen LogP contribution in [0.5, 0.6) is 0 Å². The van der Waals surface area contributed by atoms with Gasteiger partial charge in [0.2, 0.25) is 0 Å². The van der Waals surface area contributed by atoms with Crippen LogP contribution < -0.4 is 5.73 Å². The topological polar surface area (TPSA) is 29.3 Å². The van der Waals surface area contributed by atoms with Crippen molar-refractivity contribution in [3.63, 3.8) is 0 Å². The average Bonchev–Trinajstić information content (AvgIpc) is 2.80. The van der Waals surface area contributed by atoms with E-state index in [4.69, 9.17) is 5.73 Å². The van der Waals surface area contributed by atoms with E-state index in [1.54, 1.807) is 12.1 Å². The Morgan fingerprint density at radius 1 is 1.30 bits per heavy atom. The molecule has 0 spiro atoms. The lowest BCUT2D eigenvalue weighted by atomic mass is 9.90. The molecule has 0 amide bonds. The van der Waals surface area contributed by atoms with Crippen LogP contribution in [0.25, 0.3) is 0 Å². The third-order valence-electron chi connectivity index (χ3n) is 4.35. The average molecular weight is 286 g/mol. The first-order chi connectivity index (χ1) is 9.25. The van der Waals surface area contributed by atoms with E-state index in [9.17, 15) is 13.2 Å². The van der Waals surface area contributed by atoms with Gasteiger partial charge >= 0.3 is 6.18 Å². The van der Waals surface area contributed by atoms with Gasteiger partial charge in [-0.3, -0.25) is 4.90 Å². The van der Waals surface area contributed by atoms with E-state index in [2.05, 4.69) is 11.8 Å². The van der Waals surface area contributed by atoms with Crippen molar-refractivity contribution < 1.29 is 13.2 Å². The maximum Gasteiger partial charge on any atom is 0.416 e. The fourth-order valence-electron chi connectivity index (χ4n) is 2.72. The maximum absolute atomic E-state index is 12.5. The van der Waals surface area contributed by atoms with Gasteiger partial charge in [0.25, 0.3) is 0 Å². The van der Waals surface area contributed by atoms with E-state index >= 15 is 0 Å². The number of alkyl halides is 3. The molecule has 1 aromatic rings. The Morgan fingerprint density at radius 2 is 1.90 bits per heavy atom. The van der Waals surface area contributed by atoms with Crippen LogP contribution in [-0.4, -0.2) is 24.5 Å². The van der Waals surface area contributed by atoms with Gasteiger partial charge in [0.1, 0.15) is 0 Å². The summed E-state index contributed by atoms with van der Waals surface area (Å²) in [6.07, 6.45) is -3.23. The van der Waals surface area contributed by atoms with Crippen LogP contribution >= 0.6 is 0 Å². The minimum atomic E-state index is -4.27. The summed E-state index contributed by atoms with van der Waals surface area (Å²) in [7, 11) is 0. The number of likely N-dealkylation sites (tertiary alicyclic amines) is 1. The fourth-order valence-corrected chi connectivity index (χ4v) is 2.72. The van der Waals surface area contributed by atoms with E-state index < -0.39 is 11.7 Å². The predicted molar refractivity (Wildman–Crippen MR) is 73.2 cm³/mol. The number of halogens is 3. The van der Waals surface area contributed by atoms with Crippen molar-refractivity contribution in [2.45, 2.75) is 32.5 Å². The highest BCUT2D eigenvalue weighted by Crippen LogP contribution is 2.35. The summed E-state index contributed by atoms with van der Waals surface area (Å²) in [4.78, 5) is 2.29. The maximum atomic E-state index is 12.5. The Hall–Kier alpha value is -1.07. The first-order valence-corrected chi connectivity index (χ1v) is 6.86. The quantitative estimate of drug-likeness (QED) is 0.922. The number of nitrogens with zero attached hydrogens (tertiary/aromatic N) is 1. The highest BCUT2D eigenvalue weighted by atomic mass is 19.4. The first kappa shape index (κ1) is 15.3. The summed E-state index contributed by atoms with van der Waals surface area (Å²) < 4.78 is 37.6. The Kier molecular flexibility index (Phi) is 4.12. The Labute approximate surface area is 117 Å². The smallest absolute Gasteiger partial charge is 0.330 e. The number of benzene rings is 1. The van der Waals surface area contributed by atoms with Gasteiger partial charge in [-0.1, -0.05) is 19.1 Å². The van der Waals surface area contributed by atoms with Gasteiger partial charge < -0.3 is 5.73 Å². The monoisotopic (exact) mass is 286 g/mol. The summed E-state index contributed by atoms with van der Waals surface area (Å²) >= 11 is 0. The second kappa shape index (κ2) is 5.37. The minimum absolute atomic E-state index is 0.116. The lowest BCUT2D eigenvalue weighted by Crippen LogP contribution is -2.32. The zero-order chi connectivity index (χ0) is 15.0. The molecule has 1 saturated heterocycles. The van der Waals surface area contributed by atoms with Crippen LogP contribution in [0.3, 0.4) is 0 Å². The second-order valence-corrected chi connectivity index (χ2v) is 6.03. The third-order valence-corrected chi connectivity index (χ3v) is 4.35. The van der Waals surface area contributed by atoms with Crippen molar-refractivity contribution in [2.24, 2.45) is 11.1 Å². The van der Waals surface area contributed by atoms with E-state index in [1.807, 2.05) is 6.92 Å². The molecule has 1 aliphatic rings. The molecule has 2 unspecified atom stereocenters. The summed E-state index contributed by atoms with van der Waals surface area (Å²) in [5.74, 6) is 0. The molecular formula is C15H21F3N2. The summed E-state index contributed by atoms with van der Waals surface area (Å²) in [5, 5.41) is 0. The van der Waals surface area contributed by atoms with E-state index in [0.29, 0.717) is 6.54 Å². The molecule has 2 N–H and O–H groups in total. The zero-order valence-corrected chi connectivity index (χ0v) is 11.9. The lowest BCUT2D eigenvalue weighted by molar-refractivity contribution is -0.137. The Morgan fingerprint density at radius 3 is 2.35 bits per heavy atom. The van der Waals surface area contributed by atoms with Crippen molar-refractivity contribution in [1.29, 1.82) is 0 Å². The molecular weight excluding hydrogens is 265 g/mol. The van der Waals surface area contributed by atoms with Gasteiger partial charge in [-0.05, 0) is 49.5 Å². The van der Waals surface area contributed by atoms with Crippen LogP contribution in [0.2, 0.25) is 0 Å².